The van der Waals surface area contributed by atoms with Gasteiger partial charge in [-0.25, -0.2) is 4.79 Å². The first-order valence-corrected chi connectivity index (χ1v) is 11.0. The van der Waals surface area contributed by atoms with Crippen molar-refractivity contribution < 1.29 is 28.9 Å². The van der Waals surface area contributed by atoms with Crippen LogP contribution in [0.25, 0.3) is 0 Å². The van der Waals surface area contributed by atoms with Crippen molar-refractivity contribution in [1.82, 2.24) is 4.90 Å². The van der Waals surface area contributed by atoms with Crippen LogP contribution in [-0.2, 0) is 25.5 Å². The van der Waals surface area contributed by atoms with Crippen molar-refractivity contribution in [2.24, 2.45) is 5.92 Å². The number of allylic oxidation sites excluding steroid dienone is 5. The normalized spacial score (nSPS) is 18.5. The Morgan fingerprint density at radius 2 is 2.12 bits per heavy atom. The number of hydrogen-bond acceptors (Lipinski definition) is 6. The molecule has 2 aliphatic rings. The van der Waals surface area contributed by atoms with Gasteiger partial charge in [0.05, 0.1) is 25.2 Å². The average molecular weight is 468 g/mol. The van der Waals surface area contributed by atoms with Crippen LogP contribution in [0.5, 0.6) is 0 Å². The Labute approximate surface area is 201 Å². The molecule has 34 heavy (non-hydrogen) atoms. The van der Waals surface area contributed by atoms with Crippen molar-refractivity contribution in [3.63, 3.8) is 0 Å². The average Bonchev–Trinajstić information content (AvgIpc) is 3.41. The van der Waals surface area contributed by atoms with E-state index in [9.17, 15) is 14.7 Å². The highest BCUT2D eigenvalue weighted by molar-refractivity contribution is 5.90. The van der Waals surface area contributed by atoms with Crippen molar-refractivity contribution in [2.45, 2.75) is 26.8 Å². The SMILES string of the molecule is C=C(CO)C1C(=O)N(Cc2cccc(C(=O)OC)c2)C/C1=C\C=C/CC.C=CC1=C(C)OCO1. The molecule has 0 saturated carbocycles. The van der Waals surface area contributed by atoms with Gasteiger partial charge in [0.25, 0.3) is 0 Å². The number of esters is 1. The second-order valence-corrected chi connectivity index (χ2v) is 7.74. The number of carbonyl (C=O) groups excluding carboxylic acids is 2. The van der Waals surface area contributed by atoms with Gasteiger partial charge in [0.2, 0.25) is 12.7 Å². The number of hydrogen-bond donors (Lipinski definition) is 1. The van der Waals surface area contributed by atoms with Crippen molar-refractivity contribution in [3.8, 4) is 0 Å². The van der Waals surface area contributed by atoms with Crippen molar-refractivity contribution in [3.05, 3.63) is 95.5 Å². The summed E-state index contributed by atoms with van der Waals surface area (Å²) in [5.41, 5.74) is 2.72. The Bertz CT molecular complexity index is 1000. The van der Waals surface area contributed by atoms with E-state index in [0.717, 1.165) is 29.1 Å². The number of aliphatic hydroxyl groups excluding tert-OH is 1. The van der Waals surface area contributed by atoms with E-state index < -0.39 is 11.9 Å². The molecule has 1 aromatic rings. The summed E-state index contributed by atoms with van der Waals surface area (Å²) in [6.45, 7) is 12.2. The molecule has 1 unspecified atom stereocenters. The molecule has 0 aliphatic carbocycles. The largest absolute Gasteiger partial charge is 0.465 e. The molecule has 0 spiro atoms. The molecule has 7 heteroatoms. The molecule has 1 fully saturated rings. The number of rotatable bonds is 8. The van der Waals surface area contributed by atoms with E-state index >= 15 is 0 Å². The monoisotopic (exact) mass is 467 g/mol. The van der Waals surface area contributed by atoms with Crippen LogP contribution in [-0.4, -0.2) is 48.9 Å². The maximum Gasteiger partial charge on any atom is 0.337 e. The molecule has 2 heterocycles. The summed E-state index contributed by atoms with van der Waals surface area (Å²) in [5.74, 6) is 0.593. The second kappa shape index (κ2) is 13.2. The van der Waals surface area contributed by atoms with Gasteiger partial charge in [-0.1, -0.05) is 50.4 Å². The maximum absolute atomic E-state index is 12.8. The van der Waals surface area contributed by atoms with Crippen LogP contribution in [0.4, 0.5) is 0 Å². The highest BCUT2D eigenvalue weighted by atomic mass is 16.7. The van der Waals surface area contributed by atoms with Crippen LogP contribution in [0.1, 0.15) is 36.2 Å². The number of amides is 1. The molecule has 1 amide bonds. The number of benzene rings is 1. The van der Waals surface area contributed by atoms with Gasteiger partial charge in [-0.05, 0) is 48.3 Å². The van der Waals surface area contributed by atoms with Gasteiger partial charge < -0.3 is 24.2 Å². The number of likely N-dealkylation sites (tertiary alicyclic amines) is 1. The zero-order valence-electron chi connectivity index (χ0n) is 20.1. The van der Waals surface area contributed by atoms with Crippen LogP contribution in [0, 0.1) is 5.92 Å². The molecule has 1 aromatic carbocycles. The number of methoxy groups -OCH3 is 1. The van der Waals surface area contributed by atoms with E-state index in [2.05, 4.69) is 13.2 Å². The zero-order valence-corrected chi connectivity index (χ0v) is 20.1. The van der Waals surface area contributed by atoms with Crippen LogP contribution >= 0.6 is 0 Å². The van der Waals surface area contributed by atoms with Gasteiger partial charge >= 0.3 is 5.97 Å². The lowest BCUT2D eigenvalue weighted by Crippen LogP contribution is -2.28. The maximum atomic E-state index is 12.8. The number of carbonyl (C=O) groups is 2. The summed E-state index contributed by atoms with van der Waals surface area (Å²) in [6, 6.07) is 7.05. The van der Waals surface area contributed by atoms with Gasteiger partial charge in [0.1, 0.15) is 5.76 Å². The Balaban J connectivity index is 0.000000430. The van der Waals surface area contributed by atoms with Crippen LogP contribution in [0.3, 0.4) is 0 Å². The van der Waals surface area contributed by atoms with E-state index in [0.29, 0.717) is 31.0 Å². The molecule has 0 aromatic heterocycles. The lowest BCUT2D eigenvalue weighted by atomic mass is 9.94. The summed E-state index contributed by atoms with van der Waals surface area (Å²) in [7, 11) is 1.34. The Morgan fingerprint density at radius 1 is 1.35 bits per heavy atom. The summed E-state index contributed by atoms with van der Waals surface area (Å²) >= 11 is 0. The van der Waals surface area contributed by atoms with E-state index in [-0.39, 0.29) is 12.5 Å². The topological polar surface area (TPSA) is 85.3 Å². The number of ether oxygens (including phenoxy) is 3. The standard InChI is InChI=1S/C21H25NO4.C6H8O2/c1-4-5-6-9-18-13-22(20(24)19(18)15(2)14-23)12-16-8-7-10-17(11-16)21(25)26-3;1-3-6-5(2)7-4-8-6/h5-11,19,23H,2,4,12-14H2,1,3H3;3H,1,4H2,2H3/b6-5-,18-9+;. The fraction of sp³-hybridized carbons (Fsp3) is 0.333. The summed E-state index contributed by atoms with van der Waals surface area (Å²) < 4.78 is 14.6. The van der Waals surface area contributed by atoms with E-state index in [1.165, 1.54) is 7.11 Å². The molecule has 182 valence electrons. The molecule has 1 atom stereocenters. The summed E-state index contributed by atoms with van der Waals surface area (Å²) in [6.07, 6.45) is 8.42. The first-order chi connectivity index (χ1) is 16.4. The minimum Gasteiger partial charge on any atom is -0.465 e. The number of nitrogens with zero attached hydrogens (tertiary/aromatic N) is 1. The molecule has 2 aliphatic heterocycles. The van der Waals surface area contributed by atoms with Crippen molar-refractivity contribution in [1.29, 1.82) is 0 Å². The molecule has 3 rings (SSSR count). The first-order valence-electron chi connectivity index (χ1n) is 11.0. The fourth-order valence-electron chi connectivity index (χ4n) is 3.56. The quantitative estimate of drug-likeness (QED) is 0.454. The van der Waals surface area contributed by atoms with Crippen molar-refractivity contribution in [2.75, 3.05) is 27.1 Å². The van der Waals surface area contributed by atoms with Crippen LogP contribution in [0.15, 0.2) is 84.4 Å². The van der Waals surface area contributed by atoms with Gasteiger partial charge in [-0.3, -0.25) is 4.79 Å². The molecular formula is C27H33NO6. The summed E-state index contributed by atoms with van der Waals surface area (Å²) in [5, 5.41) is 9.44. The molecule has 1 saturated heterocycles. The predicted octanol–water partition coefficient (Wildman–Crippen LogP) is 4.28. The van der Waals surface area contributed by atoms with Crippen LogP contribution < -0.4 is 0 Å². The Hall–Kier alpha value is -3.58. The van der Waals surface area contributed by atoms with Crippen LogP contribution in [0.2, 0.25) is 0 Å². The lowest BCUT2D eigenvalue weighted by molar-refractivity contribution is -0.130. The second-order valence-electron chi connectivity index (χ2n) is 7.74. The molecule has 0 radical (unpaired) electrons. The molecular weight excluding hydrogens is 434 g/mol. The lowest BCUT2D eigenvalue weighted by Gasteiger charge is -2.17. The third-order valence-corrected chi connectivity index (χ3v) is 5.34. The predicted molar refractivity (Wildman–Crippen MR) is 130 cm³/mol. The van der Waals surface area contributed by atoms with E-state index in [1.54, 1.807) is 29.2 Å². The minimum atomic E-state index is -0.495. The molecule has 0 bridgehead atoms. The summed E-state index contributed by atoms with van der Waals surface area (Å²) in [4.78, 5) is 26.2. The fourth-order valence-corrected chi connectivity index (χ4v) is 3.56. The number of aliphatic hydroxyl groups is 1. The Kier molecular flexibility index (Phi) is 10.4. The van der Waals surface area contributed by atoms with E-state index in [1.807, 2.05) is 38.1 Å². The first kappa shape index (κ1) is 26.7. The van der Waals surface area contributed by atoms with Gasteiger partial charge in [-0.15, -0.1) is 0 Å². The molecule has 7 nitrogen and oxygen atoms in total. The zero-order chi connectivity index (χ0) is 25.1. The van der Waals surface area contributed by atoms with Crippen molar-refractivity contribution >= 4 is 11.9 Å². The van der Waals surface area contributed by atoms with Gasteiger partial charge in [-0.2, -0.15) is 0 Å². The highest BCUT2D eigenvalue weighted by Crippen LogP contribution is 2.31. The third kappa shape index (κ3) is 6.96. The van der Waals surface area contributed by atoms with Gasteiger partial charge in [0.15, 0.2) is 5.76 Å². The molecule has 1 N–H and O–H groups in total. The van der Waals surface area contributed by atoms with Gasteiger partial charge in [0, 0.05) is 13.1 Å². The third-order valence-electron chi connectivity index (χ3n) is 5.34. The highest BCUT2D eigenvalue weighted by Gasteiger charge is 2.37. The van der Waals surface area contributed by atoms with E-state index in [4.69, 9.17) is 14.2 Å². The smallest absolute Gasteiger partial charge is 0.337 e. The minimum absolute atomic E-state index is 0.0799. The Morgan fingerprint density at radius 3 is 2.68 bits per heavy atom.